The maximum absolute atomic E-state index is 7.74. The van der Waals surface area contributed by atoms with Crippen LogP contribution in [0, 0.1) is 75.1 Å². The predicted molar refractivity (Wildman–Crippen MR) is 11.3 cm³/mol. The van der Waals surface area contributed by atoms with E-state index in [1.54, 1.807) is 0 Å². The summed E-state index contributed by atoms with van der Waals surface area (Å²) in [7, 11) is -1.54. The molecule has 0 aliphatic rings. The van der Waals surface area contributed by atoms with Crippen LogP contribution in [0.25, 0.3) is 0 Å². The van der Waals surface area contributed by atoms with Crippen molar-refractivity contribution in [2.24, 2.45) is 0 Å². The molecule has 0 aromatic rings. The molecule has 0 unspecified atom stereocenters. The van der Waals surface area contributed by atoms with Gasteiger partial charge >= 0.3 is 53.3 Å². The molecule has 2 N–H and O–H groups in total. The van der Waals surface area contributed by atoms with Gasteiger partial charge in [-0.15, -0.1) is 0 Å². The summed E-state index contributed by atoms with van der Waals surface area (Å²) in [5.74, 6) is 0. The molecule has 7 heteroatoms. The fourth-order valence-electron chi connectivity index (χ4n) is 0. The second-order valence-electron chi connectivity index (χ2n) is 0.462. The van der Waals surface area contributed by atoms with Gasteiger partial charge in [-0.3, -0.25) is 0 Å². The molecule has 0 aromatic carbocycles. The van der Waals surface area contributed by atoms with Crippen LogP contribution < -0.4 is 0 Å². The summed E-state index contributed by atoms with van der Waals surface area (Å²) < 4.78 is 4.03. The maximum atomic E-state index is 7.74. The first-order valence-corrected chi connectivity index (χ1v) is 2.47. The molecule has 1 radical (unpaired) electrons. The minimum absolute atomic E-state index is 0. The van der Waals surface area contributed by atoms with Crippen molar-refractivity contribution < 1.29 is 113 Å². The van der Waals surface area contributed by atoms with Crippen molar-refractivity contribution in [3.63, 3.8) is 0 Å². The van der Waals surface area contributed by atoms with Gasteiger partial charge in [-0.2, -0.15) is 0 Å². The summed E-state index contributed by atoms with van der Waals surface area (Å²) in [5, 5.41) is 15.5. The third-order valence-electron chi connectivity index (χ3n) is 0.122. The molecule has 0 bridgehead atoms. The van der Waals surface area contributed by atoms with Crippen LogP contribution in [0.1, 0.15) is 0 Å². The molecule has 0 saturated heterocycles. The van der Waals surface area contributed by atoms with E-state index in [-0.39, 0.29) is 101 Å². The average Bonchev–Trinajstić information content (AvgIpc) is 1.38. The van der Waals surface area contributed by atoms with Crippen LogP contribution in [0.4, 0.5) is 0 Å². The minimum Gasteiger partial charge on any atom is 0 e. The molecule has 0 fully saturated rings. The zero-order valence-corrected chi connectivity index (χ0v) is 12.2. The zero-order chi connectivity index (χ0) is 4.28. The summed E-state index contributed by atoms with van der Waals surface area (Å²) in [6, 6.07) is 0. The molecule has 0 aliphatic carbocycles. The van der Waals surface area contributed by atoms with Crippen LogP contribution in [0.5, 0.6) is 0 Å². The molecule has 0 aliphatic heterocycles. The summed E-state index contributed by atoms with van der Waals surface area (Å²) in [5.41, 5.74) is 0. The van der Waals surface area contributed by atoms with E-state index >= 15 is 0 Å². The Morgan fingerprint density at radius 3 is 1.57 bits per heavy atom. The molecule has 3 nitrogen and oxygen atoms in total. The van der Waals surface area contributed by atoms with Crippen molar-refractivity contribution in [1.82, 2.24) is 0 Å². The Morgan fingerprint density at radius 1 is 1.43 bits per heavy atom. The molecule has 0 aromatic heterocycles. The first kappa shape index (κ1) is 16.8. The topological polar surface area (TPSA) is 49.7 Å². The van der Waals surface area contributed by atoms with Crippen LogP contribution >= 0.6 is 0 Å². The van der Waals surface area contributed by atoms with Crippen LogP contribution in [-0.4, -0.2) is 17.4 Å². The molecule has 33 valence electrons. The largest absolute Gasteiger partial charge is 0 e. The van der Waals surface area contributed by atoms with Gasteiger partial charge in [0, 0.05) is 66.7 Å². The van der Waals surface area contributed by atoms with Gasteiger partial charge in [0.05, 0.1) is 0 Å². The second-order valence-corrected chi connectivity index (χ2v) is 1.32. The molecule has 0 amide bonds. The standard InChI is InChI=1S/BH2O3.La.Nd.Sc/c2-1(3)4;;;/h2-3H;;;/q-1;+1;;. The molecule has 0 heterocycles. The second kappa shape index (κ2) is 12.1. The van der Waals surface area contributed by atoms with Crippen LogP contribution in [0.3, 0.4) is 0 Å². The van der Waals surface area contributed by atoms with Gasteiger partial charge in [-0.25, -0.2) is 0 Å². The van der Waals surface area contributed by atoms with Gasteiger partial charge in [-0.1, -0.05) is 0 Å². The Hall–Kier alpha value is 3.36. The molecule has 0 rings (SSSR count). The Bertz CT molecular complexity index is 28.9. The molecule has 7 heavy (non-hydrogen) atoms. The van der Waals surface area contributed by atoms with Crippen molar-refractivity contribution in [3.8, 4) is 0 Å². The van der Waals surface area contributed by atoms with Gasteiger partial charge in [0.2, 0.25) is 0 Å². The smallest absolute Gasteiger partial charge is 0 e. The Kier molecular flexibility index (Phi) is 28.9. The normalized spacial score (nSPS) is 5.29. The third kappa shape index (κ3) is 17.6. The maximum Gasteiger partial charge on any atom is 0 e. The molecule has 0 saturated carbocycles. The fourth-order valence-corrected chi connectivity index (χ4v) is 0. The van der Waals surface area contributed by atoms with Gasteiger partial charge in [0.1, 0.15) is 0 Å². The molecule has 0 atom stereocenters. The Balaban J connectivity index is -0.0000000800. The van der Waals surface area contributed by atoms with Crippen molar-refractivity contribution in [2.75, 3.05) is 0 Å². The van der Waals surface area contributed by atoms with Crippen molar-refractivity contribution in [3.05, 3.63) is 0 Å². The average molecular weight is 389 g/mol. The summed E-state index contributed by atoms with van der Waals surface area (Å²) >= 11 is 0.208. The minimum atomic E-state index is -1.54. The van der Waals surface area contributed by atoms with Gasteiger partial charge in [0.25, 0.3) is 0 Å². The van der Waals surface area contributed by atoms with E-state index in [1.807, 2.05) is 0 Å². The van der Waals surface area contributed by atoms with Crippen LogP contribution in [-0.2, 0) is 27.5 Å². The van der Waals surface area contributed by atoms with E-state index in [0.717, 1.165) is 0 Å². The van der Waals surface area contributed by atoms with Gasteiger partial charge < -0.3 is 0 Å². The van der Waals surface area contributed by atoms with Crippen molar-refractivity contribution in [1.29, 1.82) is 0 Å². The molecular formula is H2BLaNdO3Sc. The van der Waals surface area contributed by atoms with Gasteiger partial charge in [-0.05, 0) is 0 Å². The zero-order valence-electron chi connectivity index (χ0n) is 3.53. The van der Waals surface area contributed by atoms with E-state index < -0.39 is 7.32 Å². The first-order valence-electron chi connectivity index (χ1n) is 0.988. The molecular weight excluding hydrogens is 387 g/mol. The SMILES string of the molecule is OB(O)[O][La].[Nd].[Sc]. The van der Waals surface area contributed by atoms with E-state index in [4.69, 9.17) is 10.0 Å². The van der Waals surface area contributed by atoms with Crippen LogP contribution in [0.15, 0.2) is 0 Å². The van der Waals surface area contributed by atoms with Crippen molar-refractivity contribution >= 4 is 7.32 Å². The predicted octanol–water partition coefficient (Wildman–Crippen LogP) is -1.57. The van der Waals surface area contributed by atoms with E-state index in [9.17, 15) is 0 Å². The van der Waals surface area contributed by atoms with Crippen molar-refractivity contribution in [2.45, 2.75) is 0 Å². The fraction of sp³-hybridized carbons (Fsp3) is 0. The summed E-state index contributed by atoms with van der Waals surface area (Å²) in [6.07, 6.45) is 0. The number of hydrogen-bond acceptors (Lipinski definition) is 3. The first-order chi connectivity index (χ1) is 2.27. The van der Waals surface area contributed by atoms with E-state index in [0.29, 0.717) is 0 Å². The monoisotopic (exact) mass is 387 g/mol. The molecule has 0 spiro atoms. The van der Waals surface area contributed by atoms with Crippen LogP contribution in [0.2, 0.25) is 0 Å². The third-order valence-corrected chi connectivity index (χ3v) is 0.886. The summed E-state index contributed by atoms with van der Waals surface area (Å²) in [4.78, 5) is 0. The number of hydrogen-bond donors (Lipinski definition) is 2. The number of rotatable bonds is 1. The van der Waals surface area contributed by atoms with E-state index in [2.05, 4.69) is 1.62 Å². The van der Waals surface area contributed by atoms with Gasteiger partial charge in [0.15, 0.2) is 0 Å². The van der Waals surface area contributed by atoms with E-state index in [1.165, 1.54) is 0 Å². The Morgan fingerprint density at radius 2 is 1.57 bits per heavy atom. The Labute approximate surface area is 117 Å². The summed E-state index contributed by atoms with van der Waals surface area (Å²) in [6.45, 7) is 0. The quantitative estimate of drug-likeness (QED) is 0.534.